The predicted molar refractivity (Wildman–Crippen MR) is 53.6 cm³/mol. The SMILES string of the molecule is CCC(O)(C(C)C)C1CCOCC1. The Hall–Kier alpha value is -0.0800. The van der Waals surface area contributed by atoms with Gasteiger partial charge < -0.3 is 9.84 Å². The molecular formula is C11H22O2. The van der Waals surface area contributed by atoms with Gasteiger partial charge in [-0.2, -0.15) is 0 Å². The molecule has 1 saturated heterocycles. The minimum Gasteiger partial charge on any atom is -0.389 e. The molecule has 1 heterocycles. The zero-order chi connectivity index (χ0) is 9.90. The summed E-state index contributed by atoms with van der Waals surface area (Å²) in [5.41, 5.74) is -0.468. The Labute approximate surface area is 81.3 Å². The standard InChI is InChI=1S/C11H22O2/c1-4-11(12,9(2)3)10-5-7-13-8-6-10/h9-10,12H,4-8H2,1-3H3. The first-order valence-electron chi connectivity index (χ1n) is 5.41. The average molecular weight is 186 g/mol. The molecule has 0 aromatic heterocycles. The summed E-state index contributed by atoms with van der Waals surface area (Å²) in [6.45, 7) is 7.94. The van der Waals surface area contributed by atoms with Crippen LogP contribution in [0.1, 0.15) is 40.0 Å². The van der Waals surface area contributed by atoms with Gasteiger partial charge in [-0.3, -0.25) is 0 Å². The molecule has 2 nitrogen and oxygen atoms in total. The largest absolute Gasteiger partial charge is 0.389 e. The van der Waals surface area contributed by atoms with E-state index in [1.54, 1.807) is 0 Å². The van der Waals surface area contributed by atoms with Gasteiger partial charge in [0.25, 0.3) is 0 Å². The van der Waals surface area contributed by atoms with Crippen molar-refractivity contribution < 1.29 is 9.84 Å². The van der Waals surface area contributed by atoms with Gasteiger partial charge in [0.2, 0.25) is 0 Å². The summed E-state index contributed by atoms with van der Waals surface area (Å²) in [5, 5.41) is 10.5. The summed E-state index contributed by atoms with van der Waals surface area (Å²) >= 11 is 0. The highest BCUT2D eigenvalue weighted by atomic mass is 16.5. The van der Waals surface area contributed by atoms with Gasteiger partial charge in [-0.05, 0) is 31.1 Å². The number of aliphatic hydroxyl groups is 1. The summed E-state index contributed by atoms with van der Waals surface area (Å²) in [4.78, 5) is 0. The molecule has 0 bridgehead atoms. The molecule has 1 atom stereocenters. The molecule has 1 aliphatic rings. The maximum Gasteiger partial charge on any atom is 0.0697 e. The van der Waals surface area contributed by atoms with E-state index in [9.17, 15) is 5.11 Å². The highest BCUT2D eigenvalue weighted by Gasteiger charge is 2.38. The molecule has 13 heavy (non-hydrogen) atoms. The lowest BCUT2D eigenvalue weighted by atomic mass is 9.73. The third-order valence-electron chi connectivity index (χ3n) is 3.49. The highest BCUT2D eigenvalue weighted by Crippen LogP contribution is 2.35. The topological polar surface area (TPSA) is 29.5 Å². The monoisotopic (exact) mass is 186 g/mol. The molecular weight excluding hydrogens is 164 g/mol. The Morgan fingerprint density at radius 1 is 1.38 bits per heavy atom. The van der Waals surface area contributed by atoms with E-state index < -0.39 is 5.60 Å². The van der Waals surface area contributed by atoms with Gasteiger partial charge in [0.15, 0.2) is 0 Å². The van der Waals surface area contributed by atoms with Crippen LogP contribution in [0.3, 0.4) is 0 Å². The van der Waals surface area contributed by atoms with E-state index >= 15 is 0 Å². The Kier molecular flexibility index (Phi) is 3.74. The highest BCUT2D eigenvalue weighted by molar-refractivity contribution is 4.89. The van der Waals surface area contributed by atoms with Crippen molar-refractivity contribution >= 4 is 0 Å². The van der Waals surface area contributed by atoms with Crippen molar-refractivity contribution in [2.24, 2.45) is 11.8 Å². The molecule has 0 amide bonds. The second-order valence-electron chi connectivity index (χ2n) is 4.39. The summed E-state index contributed by atoms with van der Waals surface area (Å²) in [7, 11) is 0. The minimum absolute atomic E-state index is 0.348. The third kappa shape index (κ3) is 2.23. The summed E-state index contributed by atoms with van der Waals surface area (Å²) in [6, 6.07) is 0. The molecule has 2 heteroatoms. The van der Waals surface area contributed by atoms with Crippen molar-refractivity contribution in [1.82, 2.24) is 0 Å². The van der Waals surface area contributed by atoms with Crippen LogP contribution in [-0.2, 0) is 4.74 Å². The van der Waals surface area contributed by atoms with E-state index in [2.05, 4.69) is 20.8 Å². The first-order valence-corrected chi connectivity index (χ1v) is 5.41. The fourth-order valence-corrected chi connectivity index (χ4v) is 2.37. The zero-order valence-electron chi connectivity index (χ0n) is 9.05. The van der Waals surface area contributed by atoms with Crippen molar-refractivity contribution in [2.45, 2.75) is 45.6 Å². The van der Waals surface area contributed by atoms with Gasteiger partial charge in [-0.1, -0.05) is 20.8 Å². The Balaban J connectivity index is 2.62. The summed E-state index contributed by atoms with van der Waals surface area (Å²) in [5.74, 6) is 0.784. The molecule has 0 radical (unpaired) electrons. The van der Waals surface area contributed by atoms with Crippen LogP contribution >= 0.6 is 0 Å². The summed E-state index contributed by atoms with van der Waals surface area (Å²) < 4.78 is 5.31. The van der Waals surface area contributed by atoms with E-state index in [-0.39, 0.29) is 0 Å². The van der Waals surface area contributed by atoms with E-state index in [0.29, 0.717) is 11.8 Å². The van der Waals surface area contributed by atoms with Crippen LogP contribution in [0, 0.1) is 11.8 Å². The molecule has 1 fully saturated rings. The summed E-state index contributed by atoms with van der Waals surface area (Å²) in [6.07, 6.45) is 2.89. The maximum atomic E-state index is 10.5. The minimum atomic E-state index is -0.468. The normalized spacial score (nSPS) is 24.7. The lowest BCUT2D eigenvalue weighted by Gasteiger charge is -2.41. The van der Waals surface area contributed by atoms with Gasteiger partial charge >= 0.3 is 0 Å². The number of hydrogen-bond acceptors (Lipinski definition) is 2. The maximum absolute atomic E-state index is 10.5. The van der Waals surface area contributed by atoms with Gasteiger partial charge in [-0.25, -0.2) is 0 Å². The zero-order valence-corrected chi connectivity index (χ0v) is 9.05. The van der Waals surface area contributed by atoms with Crippen molar-refractivity contribution in [3.63, 3.8) is 0 Å². The Morgan fingerprint density at radius 3 is 2.31 bits per heavy atom. The van der Waals surface area contributed by atoms with Crippen LogP contribution in [-0.4, -0.2) is 23.9 Å². The first-order chi connectivity index (χ1) is 6.11. The molecule has 1 N–H and O–H groups in total. The van der Waals surface area contributed by atoms with Crippen LogP contribution in [0.15, 0.2) is 0 Å². The van der Waals surface area contributed by atoms with E-state index in [1.807, 2.05) is 0 Å². The van der Waals surface area contributed by atoms with E-state index in [1.165, 1.54) is 0 Å². The third-order valence-corrected chi connectivity index (χ3v) is 3.49. The van der Waals surface area contributed by atoms with Gasteiger partial charge in [0.1, 0.15) is 0 Å². The van der Waals surface area contributed by atoms with E-state index in [0.717, 1.165) is 32.5 Å². The van der Waals surface area contributed by atoms with Crippen LogP contribution < -0.4 is 0 Å². The molecule has 1 rings (SSSR count). The second-order valence-corrected chi connectivity index (χ2v) is 4.39. The smallest absolute Gasteiger partial charge is 0.0697 e. The fraction of sp³-hybridized carbons (Fsp3) is 1.00. The second kappa shape index (κ2) is 4.43. The Morgan fingerprint density at radius 2 is 1.92 bits per heavy atom. The van der Waals surface area contributed by atoms with Crippen LogP contribution in [0.5, 0.6) is 0 Å². The van der Waals surface area contributed by atoms with Crippen molar-refractivity contribution in [2.75, 3.05) is 13.2 Å². The first kappa shape index (κ1) is 11.0. The molecule has 0 spiro atoms. The number of ether oxygens (including phenoxy) is 1. The number of rotatable bonds is 3. The number of hydrogen-bond donors (Lipinski definition) is 1. The van der Waals surface area contributed by atoms with Gasteiger partial charge in [0.05, 0.1) is 5.60 Å². The van der Waals surface area contributed by atoms with Crippen LogP contribution in [0.25, 0.3) is 0 Å². The lowest BCUT2D eigenvalue weighted by Crippen LogP contribution is -2.44. The quantitative estimate of drug-likeness (QED) is 0.732. The average Bonchev–Trinajstić information content (AvgIpc) is 2.17. The van der Waals surface area contributed by atoms with Crippen molar-refractivity contribution in [3.8, 4) is 0 Å². The molecule has 0 saturated carbocycles. The lowest BCUT2D eigenvalue weighted by molar-refractivity contribution is -0.0965. The molecule has 1 unspecified atom stereocenters. The predicted octanol–water partition coefficient (Wildman–Crippen LogP) is 2.21. The Bertz CT molecular complexity index is 150. The van der Waals surface area contributed by atoms with Crippen molar-refractivity contribution in [1.29, 1.82) is 0 Å². The molecule has 0 aromatic carbocycles. The molecule has 78 valence electrons. The van der Waals surface area contributed by atoms with E-state index in [4.69, 9.17) is 4.74 Å². The van der Waals surface area contributed by atoms with Gasteiger partial charge in [0, 0.05) is 13.2 Å². The van der Waals surface area contributed by atoms with Gasteiger partial charge in [-0.15, -0.1) is 0 Å². The molecule has 0 aliphatic carbocycles. The van der Waals surface area contributed by atoms with Crippen molar-refractivity contribution in [3.05, 3.63) is 0 Å². The fourth-order valence-electron chi connectivity index (χ4n) is 2.37. The molecule has 1 aliphatic heterocycles. The molecule has 0 aromatic rings. The van der Waals surface area contributed by atoms with Crippen LogP contribution in [0.4, 0.5) is 0 Å². The van der Waals surface area contributed by atoms with Crippen LogP contribution in [0.2, 0.25) is 0 Å².